The van der Waals surface area contributed by atoms with Crippen molar-refractivity contribution in [2.24, 2.45) is 0 Å². The van der Waals surface area contributed by atoms with Crippen molar-refractivity contribution in [3.63, 3.8) is 0 Å². The maximum atomic E-state index is 13.2. The summed E-state index contributed by atoms with van der Waals surface area (Å²) < 4.78 is 27.9. The van der Waals surface area contributed by atoms with Crippen LogP contribution in [0.3, 0.4) is 0 Å². The number of carboxylic acid groups (broad SMARTS) is 2. The maximum absolute atomic E-state index is 13.2. The van der Waals surface area contributed by atoms with Crippen LogP contribution in [0.5, 0.6) is 5.75 Å². The summed E-state index contributed by atoms with van der Waals surface area (Å²) in [6.45, 7) is 3.77. The number of piperidine rings is 1. The number of hydrogen-bond donors (Lipinski definition) is 7. The highest BCUT2D eigenvalue weighted by Crippen LogP contribution is 2.33. The molecular weight excluding hydrogens is 983 g/mol. The number of ether oxygens (including phenoxy) is 5. The molecule has 1 unspecified atom stereocenters. The normalized spacial score (nSPS) is 14.6. The Morgan fingerprint density at radius 1 is 0.800 bits per heavy atom. The van der Waals surface area contributed by atoms with Gasteiger partial charge in [0.25, 0.3) is 17.7 Å². The number of unbranched alkanes of at least 4 members (excludes halogenated alkanes) is 3. The van der Waals surface area contributed by atoms with E-state index >= 15 is 0 Å². The number of anilines is 3. The van der Waals surface area contributed by atoms with Gasteiger partial charge in [0, 0.05) is 43.6 Å². The van der Waals surface area contributed by atoms with Crippen LogP contribution >= 0.6 is 0 Å². The van der Waals surface area contributed by atoms with Crippen LogP contribution in [-0.2, 0) is 49.5 Å². The number of nitrogens with zero attached hydrogens (tertiary/aromatic N) is 6. The van der Waals surface area contributed by atoms with E-state index in [2.05, 4.69) is 35.9 Å². The molecule has 402 valence electrons. The molecule has 2 aromatic carbocycles. The van der Waals surface area contributed by atoms with Crippen molar-refractivity contribution in [1.82, 2.24) is 40.8 Å². The number of rotatable bonds is 33. The quantitative estimate of drug-likeness (QED) is 0.0261. The molecule has 2 aliphatic rings. The molecule has 0 spiro atoms. The molecule has 9 N–H and O–H groups in total. The minimum atomic E-state index is -1.37. The summed E-state index contributed by atoms with van der Waals surface area (Å²) >= 11 is 0. The van der Waals surface area contributed by atoms with Gasteiger partial charge in [0.15, 0.2) is 17.0 Å². The molecule has 0 bridgehead atoms. The van der Waals surface area contributed by atoms with Crippen LogP contribution in [0.2, 0.25) is 0 Å². The minimum Gasteiger partial charge on any atom is -0.490 e. The minimum absolute atomic E-state index is 0.0253. The van der Waals surface area contributed by atoms with E-state index < -0.39 is 60.0 Å². The number of aromatic nitrogens is 4. The zero-order valence-corrected chi connectivity index (χ0v) is 41.2. The smallest absolute Gasteiger partial charge is 0.326 e. The SMILES string of the molecule is Nc1nc(N)c2nc(CN(CCCCCCNC(=O)CCOCCOCCOCCOCCOc3cccc4c3C(=O)N(C3CCC(=O)NC3=O)C4=O)c3ccc(C(=O)N[C@H](CCC(=O)O)C(=O)O)cc3)cnc2n1. The van der Waals surface area contributed by atoms with E-state index in [1.54, 1.807) is 42.6 Å². The Morgan fingerprint density at radius 3 is 2.16 bits per heavy atom. The molecule has 4 heterocycles. The number of carboxylic acids is 2. The average molecular weight is 1040 g/mol. The number of carbonyl (C=O) groups is 8. The fourth-order valence-electron chi connectivity index (χ4n) is 7.98. The van der Waals surface area contributed by atoms with Gasteiger partial charge in [0.1, 0.15) is 24.4 Å². The molecule has 1 fully saturated rings. The number of aliphatic carboxylic acids is 2. The van der Waals surface area contributed by atoms with Gasteiger partial charge in [-0.3, -0.25) is 43.8 Å². The Hall–Kier alpha value is -7.94. The van der Waals surface area contributed by atoms with Crippen LogP contribution in [0.25, 0.3) is 11.2 Å². The Balaban J connectivity index is 0.792. The molecule has 6 rings (SSSR count). The fraction of sp³-hybridized carbons (Fsp3) is 0.469. The van der Waals surface area contributed by atoms with Crippen molar-refractivity contribution in [3.05, 3.63) is 71.0 Å². The number of nitrogens with one attached hydrogen (secondary N) is 3. The summed E-state index contributed by atoms with van der Waals surface area (Å²) in [4.78, 5) is 118. The van der Waals surface area contributed by atoms with Crippen LogP contribution in [0.4, 0.5) is 17.5 Å². The fourth-order valence-corrected chi connectivity index (χ4v) is 7.98. The monoisotopic (exact) mass is 1040 g/mol. The lowest BCUT2D eigenvalue weighted by atomic mass is 10.0. The van der Waals surface area contributed by atoms with Gasteiger partial charge in [-0.1, -0.05) is 18.9 Å². The molecule has 26 heteroatoms. The molecule has 0 radical (unpaired) electrons. The molecule has 4 aromatic rings. The first-order chi connectivity index (χ1) is 36.2. The number of benzene rings is 2. The summed E-state index contributed by atoms with van der Waals surface area (Å²) in [5.41, 5.74) is 14.0. The molecule has 2 aliphatic heterocycles. The first kappa shape index (κ1) is 56.4. The van der Waals surface area contributed by atoms with E-state index in [1.165, 1.54) is 6.07 Å². The van der Waals surface area contributed by atoms with Crippen LogP contribution < -0.4 is 37.1 Å². The van der Waals surface area contributed by atoms with E-state index in [0.717, 1.165) is 36.3 Å². The lowest BCUT2D eigenvalue weighted by molar-refractivity contribution is -0.141. The van der Waals surface area contributed by atoms with E-state index in [-0.39, 0.29) is 97.9 Å². The Morgan fingerprint density at radius 2 is 1.48 bits per heavy atom. The highest BCUT2D eigenvalue weighted by Gasteiger charge is 2.46. The van der Waals surface area contributed by atoms with Crippen molar-refractivity contribution >= 4 is 76.0 Å². The second-order valence-corrected chi connectivity index (χ2v) is 17.2. The number of nitrogens with two attached hydrogens (primary N) is 2. The Kier molecular flexibility index (Phi) is 21.4. The third-order valence-electron chi connectivity index (χ3n) is 11.8. The summed E-state index contributed by atoms with van der Waals surface area (Å²) in [7, 11) is 0. The van der Waals surface area contributed by atoms with Gasteiger partial charge in [-0.15, -0.1) is 0 Å². The van der Waals surface area contributed by atoms with E-state index in [0.29, 0.717) is 63.9 Å². The van der Waals surface area contributed by atoms with Crippen LogP contribution in [0.15, 0.2) is 48.7 Å². The largest absolute Gasteiger partial charge is 0.490 e. The first-order valence-corrected chi connectivity index (χ1v) is 24.4. The molecular formula is C49H61N11O15. The van der Waals surface area contributed by atoms with E-state index in [4.69, 9.17) is 40.3 Å². The van der Waals surface area contributed by atoms with Crippen LogP contribution in [-0.4, -0.2) is 167 Å². The van der Waals surface area contributed by atoms with Crippen LogP contribution in [0.1, 0.15) is 94.6 Å². The van der Waals surface area contributed by atoms with E-state index in [1.807, 2.05) is 4.90 Å². The van der Waals surface area contributed by atoms with Crippen molar-refractivity contribution in [1.29, 1.82) is 0 Å². The molecule has 2 atom stereocenters. The van der Waals surface area contributed by atoms with Gasteiger partial charge < -0.3 is 60.9 Å². The molecule has 1 saturated heterocycles. The van der Waals surface area contributed by atoms with Crippen LogP contribution in [0, 0.1) is 0 Å². The number of nitrogen functional groups attached to an aromatic ring is 2. The summed E-state index contributed by atoms with van der Waals surface area (Å²) in [5.74, 6) is -5.44. The first-order valence-electron chi connectivity index (χ1n) is 24.4. The lowest BCUT2D eigenvalue weighted by Crippen LogP contribution is -2.54. The maximum Gasteiger partial charge on any atom is 0.326 e. The predicted octanol–water partition coefficient (Wildman–Crippen LogP) is 1.25. The Labute approximate surface area is 430 Å². The molecule has 6 amide bonds. The summed E-state index contributed by atoms with van der Waals surface area (Å²) in [5, 5.41) is 25.9. The predicted molar refractivity (Wildman–Crippen MR) is 265 cm³/mol. The highest BCUT2D eigenvalue weighted by molar-refractivity contribution is 6.24. The van der Waals surface area contributed by atoms with E-state index in [9.17, 15) is 43.5 Å². The van der Waals surface area contributed by atoms with Gasteiger partial charge in [0.2, 0.25) is 23.7 Å². The molecule has 0 saturated carbocycles. The molecule has 0 aliphatic carbocycles. The highest BCUT2D eigenvalue weighted by atomic mass is 16.6. The standard InChI is InChI=1S/C49H61N11O15/c50-42-41-43(58-49(51)57-42)53-28-31(54-41)29-59(32-10-8-30(9-11-32)44(65)55-34(48(69)70)12-15-39(63)64)18-4-2-1-3-17-52-37(61)16-19-71-20-21-72-22-23-73-24-25-74-26-27-75-36-7-5-6-33-40(36)47(68)60(46(33)67)35-13-14-38(62)56-45(35)66/h5-11,28,34-35H,1-4,12-27,29H2,(H,52,61)(H,55,65)(H,63,64)(H,69,70)(H,56,62,66)(H4,50,51,53,57,58)/t34-,35?/m1/s1. The second kappa shape index (κ2) is 28.5. The van der Waals surface area contributed by atoms with Gasteiger partial charge in [-0.25, -0.2) is 14.8 Å². The van der Waals surface area contributed by atoms with Gasteiger partial charge >= 0.3 is 11.9 Å². The third-order valence-corrected chi connectivity index (χ3v) is 11.8. The number of carbonyl (C=O) groups excluding carboxylic acids is 6. The van der Waals surface area contributed by atoms with Gasteiger partial charge in [-0.05, 0) is 62.1 Å². The van der Waals surface area contributed by atoms with Gasteiger partial charge in [-0.2, -0.15) is 9.97 Å². The van der Waals surface area contributed by atoms with Gasteiger partial charge in [0.05, 0.1) is 82.4 Å². The van der Waals surface area contributed by atoms with Crippen molar-refractivity contribution < 1.29 is 72.3 Å². The Bertz CT molecular complexity index is 2680. The topological polar surface area (TPSA) is 369 Å². The number of fused-ring (bicyclic) bond motifs is 2. The number of amides is 6. The van der Waals surface area contributed by atoms with Crippen molar-refractivity contribution in [3.8, 4) is 5.75 Å². The zero-order chi connectivity index (χ0) is 53.7. The third kappa shape index (κ3) is 16.8. The average Bonchev–Trinajstić information content (AvgIpc) is 3.63. The van der Waals surface area contributed by atoms with Crippen molar-refractivity contribution in [2.75, 3.05) is 88.9 Å². The zero-order valence-electron chi connectivity index (χ0n) is 41.2. The number of hydrogen-bond acceptors (Lipinski definition) is 20. The molecule has 2 aromatic heterocycles. The van der Waals surface area contributed by atoms with Crippen molar-refractivity contribution in [2.45, 2.75) is 76.4 Å². The molecule has 75 heavy (non-hydrogen) atoms. The lowest BCUT2D eigenvalue weighted by Gasteiger charge is -2.27. The second-order valence-electron chi connectivity index (χ2n) is 17.2. The summed E-state index contributed by atoms with van der Waals surface area (Å²) in [6.07, 6.45) is 4.37. The molecule has 26 nitrogen and oxygen atoms in total. The number of imide groups is 2. The summed E-state index contributed by atoms with van der Waals surface area (Å²) in [6, 6.07) is 8.75.